The van der Waals surface area contributed by atoms with Crippen molar-refractivity contribution in [2.75, 3.05) is 5.32 Å². The Labute approximate surface area is 201 Å². The number of halogens is 1. The van der Waals surface area contributed by atoms with Gasteiger partial charge in [0.25, 0.3) is 0 Å². The number of imide groups is 1. The van der Waals surface area contributed by atoms with Crippen molar-refractivity contribution < 1.29 is 19.2 Å². The Hall–Kier alpha value is -3.23. The zero-order valence-electron chi connectivity index (χ0n) is 18.8. The molecule has 0 unspecified atom stereocenters. The van der Waals surface area contributed by atoms with Crippen molar-refractivity contribution in [1.29, 1.82) is 0 Å². The maximum absolute atomic E-state index is 13.9. The number of nitrogens with zero attached hydrogens (tertiary/aromatic N) is 1. The van der Waals surface area contributed by atoms with Gasteiger partial charge in [-0.1, -0.05) is 48.0 Å². The van der Waals surface area contributed by atoms with Gasteiger partial charge in [-0.15, -0.1) is 0 Å². The monoisotopic (exact) mass is 480 g/mol. The van der Waals surface area contributed by atoms with Crippen LogP contribution in [0.3, 0.4) is 0 Å². The largest absolute Gasteiger partial charge is 0.370 e. The Morgan fingerprint density at radius 1 is 1.15 bits per heavy atom. The van der Waals surface area contributed by atoms with E-state index >= 15 is 0 Å². The second kappa shape index (κ2) is 7.92. The van der Waals surface area contributed by atoms with E-state index < -0.39 is 47.2 Å². The molecule has 5 atom stereocenters. The molecule has 0 bridgehead atoms. The number of hydrogen-bond donors (Lipinski definition) is 3. The van der Waals surface area contributed by atoms with E-state index in [4.69, 9.17) is 17.3 Å². The highest BCUT2D eigenvalue weighted by Crippen LogP contribution is 2.55. The van der Waals surface area contributed by atoms with Gasteiger partial charge in [0.15, 0.2) is 0 Å². The van der Waals surface area contributed by atoms with Gasteiger partial charge in [0.1, 0.15) is 5.54 Å². The van der Waals surface area contributed by atoms with Gasteiger partial charge >= 0.3 is 0 Å². The molecule has 0 aromatic heterocycles. The lowest BCUT2D eigenvalue weighted by Crippen LogP contribution is -2.53. The van der Waals surface area contributed by atoms with E-state index in [9.17, 15) is 19.2 Å². The molecule has 1 spiro atoms. The number of benzene rings is 2. The molecular weight excluding hydrogens is 456 g/mol. The number of nitrogens with two attached hydrogens (primary N) is 1. The summed E-state index contributed by atoms with van der Waals surface area (Å²) in [4.78, 5) is 54.1. The fraction of sp³-hybridized carbons (Fsp3) is 0.360. The highest BCUT2D eigenvalue weighted by atomic mass is 35.5. The van der Waals surface area contributed by atoms with Crippen molar-refractivity contribution >= 4 is 40.9 Å². The summed E-state index contributed by atoms with van der Waals surface area (Å²) in [5.41, 5.74) is 6.60. The lowest BCUT2D eigenvalue weighted by molar-refractivity contribution is -0.145. The van der Waals surface area contributed by atoms with Crippen LogP contribution in [-0.4, -0.2) is 34.6 Å². The first-order valence-electron chi connectivity index (χ1n) is 11.3. The topological polar surface area (TPSA) is 122 Å². The molecule has 4 amide bonds. The number of nitrogens with one attached hydrogen (secondary N) is 2. The quantitative estimate of drug-likeness (QED) is 0.567. The minimum atomic E-state index is -1.43. The van der Waals surface area contributed by atoms with Gasteiger partial charge < -0.3 is 11.1 Å². The predicted molar refractivity (Wildman–Crippen MR) is 126 cm³/mol. The van der Waals surface area contributed by atoms with Gasteiger partial charge in [0, 0.05) is 23.0 Å². The number of carbonyl (C=O) groups is 4. The van der Waals surface area contributed by atoms with Gasteiger partial charge in [-0.2, -0.15) is 0 Å². The molecule has 2 fully saturated rings. The number of amides is 4. The van der Waals surface area contributed by atoms with Gasteiger partial charge in [0.05, 0.1) is 23.6 Å². The van der Waals surface area contributed by atoms with Crippen molar-refractivity contribution in [3.8, 4) is 0 Å². The predicted octanol–water partition coefficient (Wildman–Crippen LogP) is 2.40. The van der Waals surface area contributed by atoms with Crippen LogP contribution in [-0.2, 0) is 24.7 Å². The highest BCUT2D eigenvalue weighted by molar-refractivity contribution is 6.32. The standard InChI is InChI=1S/C25H25ClN4O4/c1-12-16(26)9-8-15-21(12)28-24(34)25(15)20-19(17(29-25)10-11-18(27)31)22(32)30(23(20)33)13(2)14-6-4-3-5-7-14/h3-9,13,17,19-20,29H,10-11H2,1-2H3,(H2,27,31)(H,28,34)/t13-,17-,19-,20+,25+/m1/s1. The summed E-state index contributed by atoms with van der Waals surface area (Å²) in [6.07, 6.45) is 0.265. The Kier molecular flexibility index (Phi) is 5.26. The minimum absolute atomic E-state index is 0.0286. The normalized spacial score (nSPS) is 28.3. The molecule has 34 heavy (non-hydrogen) atoms. The molecule has 3 heterocycles. The fourth-order valence-corrected chi connectivity index (χ4v) is 5.98. The van der Waals surface area contributed by atoms with Crippen LogP contribution in [0.1, 0.15) is 42.5 Å². The Morgan fingerprint density at radius 3 is 2.53 bits per heavy atom. The molecular formula is C25H25ClN4O4. The van der Waals surface area contributed by atoms with Crippen molar-refractivity contribution in [3.05, 3.63) is 64.2 Å². The summed E-state index contributed by atoms with van der Waals surface area (Å²) in [6, 6.07) is 11.6. The molecule has 4 N–H and O–H groups in total. The van der Waals surface area contributed by atoms with Crippen LogP contribution >= 0.6 is 11.6 Å². The van der Waals surface area contributed by atoms with Crippen molar-refractivity contribution in [2.45, 2.75) is 44.3 Å². The van der Waals surface area contributed by atoms with E-state index in [2.05, 4.69) is 10.6 Å². The summed E-state index contributed by atoms with van der Waals surface area (Å²) in [5.74, 6) is -3.42. The third-order valence-corrected chi connectivity index (χ3v) is 7.90. The maximum Gasteiger partial charge on any atom is 0.250 e. The van der Waals surface area contributed by atoms with Crippen LogP contribution < -0.4 is 16.4 Å². The number of carbonyl (C=O) groups excluding carboxylic acids is 4. The molecule has 0 saturated carbocycles. The van der Waals surface area contributed by atoms with E-state index in [0.717, 1.165) is 5.56 Å². The molecule has 9 heteroatoms. The van der Waals surface area contributed by atoms with Crippen LogP contribution in [0.4, 0.5) is 5.69 Å². The van der Waals surface area contributed by atoms with Gasteiger partial charge in [-0.25, -0.2) is 0 Å². The van der Waals surface area contributed by atoms with E-state index in [1.54, 1.807) is 26.0 Å². The fourth-order valence-electron chi connectivity index (χ4n) is 5.82. The van der Waals surface area contributed by atoms with Crippen molar-refractivity contribution in [2.24, 2.45) is 17.6 Å². The van der Waals surface area contributed by atoms with Crippen LogP contribution in [0.2, 0.25) is 5.02 Å². The summed E-state index contributed by atoms with van der Waals surface area (Å²) in [5, 5.41) is 6.68. The molecule has 0 aliphatic carbocycles. The van der Waals surface area contributed by atoms with Gasteiger partial charge in [0.2, 0.25) is 23.6 Å². The second-order valence-electron chi connectivity index (χ2n) is 9.25. The molecule has 5 rings (SSSR count). The Morgan fingerprint density at radius 2 is 1.85 bits per heavy atom. The molecule has 176 valence electrons. The smallest absolute Gasteiger partial charge is 0.250 e. The highest BCUT2D eigenvalue weighted by Gasteiger charge is 2.70. The molecule has 2 saturated heterocycles. The number of primary amides is 1. The summed E-state index contributed by atoms with van der Waals surface area (Å²) >= 11 is 6.29. The SMILES string of the molecule is Cc1c(Cl)ccc2c1NC(=O)[C@]21N[C@H](CCC(N)=O)[C@H]2C(=O)N([C@H](C)c3ccccc3)C(=O)[C@H]21. The zero-order chi connectivity index (χ0) is 24.4. The number of rotatable bonds is 5. The zero-order valence-corrected chi connectivity index (χ0v) is 19.6. The first-order chi connectivity index (χ1) is 16.2. The third-order valence-electron chi connectivity index (χ3n) is 7.49. The van der Waals surface area contributed by atoms with Crippen LogP contribution in [0.15, 0.2) is 42.5 Å². The summed E-state index contributed by atoms with van der Waals surface area (Å²) in [6.45, 7) is 3.60. The summed E-state index contributed by atoms with van der Waals surface area (Å²) in [7, 11) is 0. The maximum atomic E-state index is 13.9. The molecule has 2 aromatic rings. The first kappa shape index (κ1) is 22.6. The van der Waals surface area contributed by atoms with Crippen LogP contribution in [0, 0.1) is 18.8 Å². The van der Waals surface area contributed by atoms with E-state index in [1.165, 1.54) is 4.90 Å². The van der Waals surface area contributed by atoms with Gasteiger partial charge in [-0.3, -0.25) is 29.4 Å². The third kappa shape index (κ3) is 3.02. The molecule has 0 radical (unpaired) electrons. The van der Waals surface area contributed by atoms with Gasteiger partial charge in [-0.05, 0) is 37.5 Å². The molecule has 3 aliphatic rings. The average molecular weight is 481 g/mol. The van der Waals surface area contributed by atoms with E-state index in [0.29, 0.717) is 21.8 Å². The molecule has 8 nitrogen and oxygen atoms in total. The van der Waals surface area contributed by atoms with Crippen molar-refractivity contribution in [1.82, 2.24) is 10.2 Å². The lowest BCUT2D eigenvalue weighted by Gasteiger charge is -2.31. The number of fused-ring (bicyclic) bond motifs is 4. The lowest BCUT2D eigenvalue weighted by atomic mass is 9.76. The number of hydrogen-bond acceptors (Lipinski definition) is 5. The van der Waals surface area contributed by atoms with Crippen LogP contribution in [0.25, 0.3) is 0 Å². The summed E-state index contributed by atoms with van der Waals surface area (Å²) < 4.78 is 0. The first-order valence-corrected chi connectivity index (χ1v) is 11.6. The van der Waals surface area contributed by atoms with Crippen molar-refractivity contribution in [3.63, 3.8) is 0 Å². The Balaban J connectivity index is 1.63. The molecule has 3 aliphatic heterocycles. The Bertz CT molecular complexity index is 1230. The number of likely N-dealkylation sites (tertiary alicyclic amines) is 1. The number of anilines is 1. The van der Waals surface area contributed by atoms with E-state index in [-0.39, 0.29) is 18.7 Å². The average Bonchev–Trinajstić information content (AvgIpc) is 3.40. The minimum Gasteiger partial charge on any atom is -0.370 e. The second-order valence-corrected chi connectivity index (χ2v) is 9.66. The van der Waals surface area contributed by atoms with Crippen LogP contribution in [0.5, 0.6) is 0 Å². The molecule has 2 aromatic carbocycles. The van der Waals surface area contributed by atoms with E-state index in [1.807, 2.05) is 30.3 Å².